The van der Waals surface area contributed by atoms with Gasteiger partial charge in [0.05, 0.1) is 0 Å². The standard InChI is InChI=1S/C10H13ClN6/c1-17-5-4-13-7(17)2-3-14-10-8(11)9(12)15-6-16-10/h4-6H,2-3H2,1H3,(H3,12,14,15,16). The molecule has 0 atom stereocenters. The van der Waals surface area contributed by atoms with Gasteiger partial charge in [0.25, 0.3) is 0 Å². The van der Waals surface area contributed by atoms with E-state index in [1.54, 1.807) is 6.20 Å². The largest absolute Gasteiger partial charge is 0.382 e. The van der Waals surface area contributed by atoms with Crippen molar-refractivity contribution in [1.82, 2.24) is 19.5 Å². The highest BCUT2D eigenvalue weighted by molar-refractivity contribution is 6.35. The lowest BCUT2D eigenvalue weighted by atomic mass is 10.4. The molecule has 7 heteroatoms. The number of hydrogen-bond donors (Lipinski definition) is 2. The highest BCUT2D eigenvalue weighted by Crippen LogP contribution is 2.22. The molecule has 2 aromatic rings. The number of hydrogen-bond acceptors (Lipinski definition) is 5. The molecule has 3 N–H and O–H groups in total. The van der Waals surface area contributed by atoms with E-state index < -0.39 is 0 Å². The first kappa shape index (κ1) is 11.7. The smallest absolute Gasteiger partial charge is 0.150 e. The minimum atomic E-state index is 0.279. The molecule has 0 fully saturated rings. The Hall–Kier alpha value is -1.82. The Morgan fingerprint density at radius 1 is 1.41 bits per heavy atom. The van der Waals surface area contributed by atoms with Crippen LogP contribution in [0.15, 0.2) is 18.7 Å². The fourth-order valence-electron chi connectivity index (χ4n) is 1.44. The third-order valence-electron chi connectivity index (χ3n) is 2.38. The normalized spacial score (nSPS) is 10.5. The number of nitrogens with zero attached hydrogens (tertiary/aromatic N) is 4. The van der Waals surface area contributed by atoms with Crippen LogP contribution in [-0.4, -0.2) is 26.1 Å². The summed E-state index contributed by atoms with van der Waals surface area (Å²) in [4.78, 5) is 12.0. The summed E-state index contributed by atoms with van der Waals surface area (Å²) in [6.45, 7) is 0.682. The van der Waals surface area contributed by atoms with Gasteiger partial charge >= 0.3 is 0 Å². The lowest BCUT2D eigenvalue weighted by molar-refractivity contribution is 0.788. The fourth-order valence-corrected chi connectivity index (χ4v) is 1.60. The summed E-state index contributed by atoms with van der Waals surface area (Å²) in [5, 5.41) is 3.46. The molecule has 0 radical (unpaired) electrons. The molecule has 6 nitrogen and oxygen atoms in total. The second-order valence-electron chi connectivity index (χ2n) is 3.55. The van der Waals surface area contributed by atoms with Crippen LogP contribution >= 0.6 is 11.6 Å². The lowest BCUT2D eigenvalue weighted by Gasteiger charge is -2.07. The first-order valence-corrected chi connectivity index (χ1v) is 5.52. The summed E-state index contributed by atoms with van der Waals surface area (Å²) in [7, 11) is 1.96. The molecular weight excluding hydrogens is 240 g/mol. The zero-order valence-electron chi connectivity index (χ0n) is 9.39. The molecule has 2 heterocycles. The third kappa shape index (κ3) is 2.65. The van der Waals surface area contributed by atoms with Crippen LogP contribution < -0.4 is 11.1 Å². The van der Waals surface area contributed by atoms with Crippen LogP contribution in [0.3, 0.4) is 0 Å². The molecular formula is C10H13ClN6. The number of rotatable bonds is 4. The minimum Gasteiger partial charge on any atom is -0.382 e. The third-order valence-corrected chi connectivity index (χ3v) is 2.75. The van der Waals surface area contributed by atoms with Gasteiger partial charge in [0.1, 0.15) is 28.8 Å². The molecule has 0 saturated carbocycles. The highest BCUT2D eigenvalue weighted by Gasteiger charge is 2.06. The van der Waals surface area contributed by atoms with Crippen LogP contribution in [0.2, 0.25) is 5.02 Å². The average molecular weight is 253 g/mol. The first-order chi connectivity index (χ1) is 8.18. The van der Waals surface area contributed by atoms with Crippen molar-refractivity contribution >= 4 is 23.2 Å². The van der Waals surface area contributed by atoms with Crippen LogP contribution in [0.1, 0.15) is 5.82 Å². The zero-order valence-corrected chi connectivity index (χ0v) is 10.1. The van der Waals surface area contributed by atoms with E-state index in [0.717, 1.165) is 12.2 Å². The number of nitrogen functional groups attached to an aromatic ring is 1. The van der Waals surface area contributed by atoms with Gasteiger partial charge in [0.15, 0.2) is 0 Å². The summed E-state index contributed by atoms with van der Waals surface area (Å²) in [5.74, 6) is 1.82. The molecule has 0 aliphatic rings. The van der Waals surface area contributed by atoms with Crippen LogP contribution in [0.5, 0.6) is 0 Å². The number of halogens is 1. The quantitative estimate of drug-likeness (QED) is 0.852. The van der Waals surface area contributed by atoms with Gasteiger partial charge in [-0.2, -0.15) is 0 Å². The summed E-state index contributed by atoms with van der Waals surface area (Å²) >= 11 is 5.95. The Bertz CT molecular complexity index is 509. The number of imidazole rings is 1. The molecule has 0 aliphatic carbocycles. The van der Waals surface area contributed by atoms with E-state index in [-0.39, 0.29) is 5.82 Å². The molecule has 2 aromatic heterocycles. The van der Waals surface area contributed by atoms with Crippen LogP contribution in [0, 0.1) is 0 Å². The number of anilines is 2. The highest BCUT2D eigenvalue weighted by atomic mass is 35.5. The molecule has 17 heavy (non-hydrogen) atoms. The number of aryl methyl sites for hydroxylation is 1. The van der Waals surface area contributed by atoms with Crippen molar-refractivity contribution in [1.29, 1.82) is 0 Å². The monoisotopic (exact) mass is 252 g/mol. The van der Waals surface area contributed by atoms with Gasteiger partial charge in [-0.25, -0.2) is 15.0 Å². The van der Waals surface area contributed by atoms with Crippen molar-refractivity contribution in [3.05, 3.63) is 29.6 Å². The van der Waals surface area contributed by atoms with Crippen molar-refractivity contribution in [2.24, 2.45) is 7.05 Å². The number of nitrogens with one attached hydrogen (secondary N) is 1. The topological polar surface area (TPSA) is 81.7 Å². The van der Waals surface area contributed by atoms with Gasteiger partial charge in [-0.05, 0) is 0 Å². The van der Waals surface area contributed by atoms with Crippen LogP contribution in [0.4, 0.5) is 11.6 Å². The van der Waals surface area contributed by atoms with Crippen molar-refractivity contribution in [2.75, 3.05) is 17.6 Å². The second kappa shape index (κ2) is 5.01. The van der Waals surface area contributed by atoms with E-state index >= 15 is 0 Å². The van der Waals surface area contributed by atoms with Crippen molar-refractivity contribution in [3.63, 3.8) is 0 Å². The van der Waals surface area contributed by atoms with E-state index in [4.69, 9.17) is 17.3 Å². The molecule has 0 spiro atoms. The van der Waals surface area contributed by atoms with Gasteiger partial charge < -0.3 is 15.6 Å². The molecule has 0 aromatic carbocycles. The van der Waals surface area contributed by atoms with Crippen LogP contribution in [-0.2, 0) is 13.5 Å². The van der Waals surface area contributed by atoms with Gasteiger partial charge in [-0.15, -0.1) is 0 Å². The van der Waals surface area contributed by atoms with E-state index in [9.17, 15) is 0 Å². The SMILES string of the molecule is Cn1ccnc1CCNc1ncnc(N)c1Cl. The molecule has 2 rings (SSSR count). The predicted octanol–water partition coefficient (Wildman–Crippen LogP) is 1.10. The maximum absolute atomic E-state index is 5.95. The molecule has 0 aliphatic heterocycles. The summed E-state index contributed by atoms with van der Waals surface area (Å²) in [6.07, 6.45) is 5.84. The Morgan fingerprint density at radius 3 is 2.94 bits per heavy atom. The maximum Gasteiger partial charge on any atom is 0.150 e. The summed E-state index contributed by atoms with van der Waals surface area (Å²) < 4.78 is 1.97. The average Bonchev–Trinajstić information content (AvgIpc) is 2.71. The second-order valence-corrected chi connectivity index (χ2v) is 3.93. The molecule has 90 valence electrons. The van der Waals surface area contributed by atoms with E-state index in [2.05, 4.69) is 20.3 Å². The molecule has 0 saturated heterocycles. The predicted molar refractivity (Wildman–Crippen MR) is 66.9 cm³/mol. The van der Waals surface area contributed by atoms with Gasteiger partial charge in [-0.3, -0.25) is 0 Å². The lowest BCUT2D eigenvalue weighted by Crippen LogP contribution is -2.10. The van der Waals surface area contributed by atoms with E-state index in [1.165, 1.54) is 6.33 Å². The Labute approximate surface area is 104 Å². The molecule has 0 unspecified atom stereocenters. The number of aromatic nitrogens is 4. The van der Waals surface area contributed by atoms with E-state index in [1.807, 2.05) is 17.8 Å². The first-order valence-electron chi connectivity index (χ1n) is 5.14. The minimum absolute atomic E-state index is 0.279. The Kier molecular flexibility index (Phi) is 3.43. The van der Waals surface area contributed by atoms with Crippen LogP contribution in [0.25, 0.3) is 0 Å². The Balaban J connectivity index is 1.95. The molecule has 0 bridgehead atoms. The maximum atomic E-state index is 5.95. The summed E-state index contributed by atoms with van der Waals surface area (Å²) in [6, 6.07) is 0. The Morgan fingerprint density at radius 2 is 2.24 bits per heavy atom. The van der Waals surface area contributed by atoms with Crippen molar-refractivity contribution in [2.45, 2.75) is 6.42 Å². The van der Waals surface area contributed by atoms with Crippen molar-refractivity contribution in [3.8, 4) is 0 Å². The van der Waals surface area contributed by atoms with Gasteiger partial charge in [-0.1, -0.05) is 11.6 Å². The molecule has 0 amide bonds. The number of nitrogens with two attached hydrogens (primary N) is 1. The summed E-state index contributed by atoms with van der Waals surface area (Å²) in [5.41, 5.74) is 5.57. The van der Waals surface area contributed by atoms with E-state index in [0.29, 0.717) is 17.4 Å². The zero-order chi connectivity index (χ0) is 12.3. The van der Waals surface area contributed by atoms with Gasteiger partial charge in [0, 0.05) is 32.4 Å². The van der Waals surface area contributed by atoms with Crippen molar-refractivity contribution < 1.29 is 0 Å². The van der Waals surface area contributed by atoms with Gasteiger partial charge in [0.2, 0.25) is 0 Å². The fraction of sp³-hybridized carbons (Fsp3) is 0.300.